The van der Waals surface area contributed by atoms with E-state index in [-0.39, 0.29) is 6.04 Å². The lowest BCUT2D eigenvalue weighted by Crippen LogP contribution is -2.61. The molecule has 0 bridgehead atoms. The zero-order valence-corrected chi connectivity index (χ0v) is 15.7. The summed E-state index contributed by atoms with van der Waals surface area (Å²) in [6.45, 7) is 2.86. The highest BCUT2D eigenvalue weighted by Crippen LogP contribution is 2.29. The Balaban J connectivity index is 1.72. The van der Waals surface area contributed by atoms with E-state index < -0.39 is 0 Å². The van der Waals surface area contributed by atoms with E-state index in [1.807, 2.05) is 24.3 Å². The van der Waals surface area contributed by atoms with Crippen molar-refractivity contribution in [2.24, 2.45) is 0 Å². The summed E-state index contributed by atoms with van der Waals surface area (Å²) in [7, 11) is 0. The van der Waals surface area contributed by atoms with Crippen LogP contribution in [-0.2, 0) is 0 Å². The highest BCUT2D eigenvalue weighted by molar-refractivity contribution is 6.30. The van der Waals surface area contributed by atoms with Crippen molar-refractivity contribution in [1.29, 1.82) is 5.26 Å². The fourth-order valence-corrected chi connectivity index (χ4v) is 4.18. The van der Waals surface area contributed by atoms with Crippen molar-refractivity contribution in [1.82, 2.24) is 14.9 Å². The molecule has 1 aromatic heterocycles. The first-order valence-electron chi connectivity index (χ1n) is 9.25. The third-order valence-electron chi connectivity index (χ3n) is 5.24. The fourth-order valence-electron chi connectivity index (χ4n) is 3.99. The molecule has 2 fully saturated rings. The van der Waals surface area contributed by atoms with Crippen molar-refractivity contribution in [2.45, 2.75) is 31.3 Å². The first-order chi connectivity index (χ1) is 13.3. The summed E-state index contributed by atoms with van der Waals surface area (Å²) in [6, 6.07) is 10.1. The van der Waals surface area contributed by atoms with Gasteiger partial charge in [0.15, 0.2) is 11.5 Å². The zero-order valence-electron chi connectivity index (χ0n) is 15.0. The normalized spacial score (nSPS) is 22.3. The Morgan fingerprint density at radius 3 is 2.85 bits per heavy atom. The predicted octanol–water partition coefficient (Wildman–Crippen LogP) is 3.10. The maximum atomic E-state index is 9.47. The summed E-state index contributed by atoms with van der Waals surface area (Å²) in [6.07, 6.45) is 6.75. The summed E-state index contributed by atoms with van der Waals surface area (Å²) in [4.78, 5) is 13.3. The van der Waals surface area contributed by atoms with Crippen LogP contribution in [0.5, 0.6) is 0 Å². The van der Waals surface area contributed by atoms with Crippen LogP contribution in [0.15, 0.2) is 36.7 Å². The summed E-state index contributed by atoms with van der Waals surface area (Å²) in [5.74, 6) is 7.39. The Hall–Kier alpha value is -2.60. The largest absolute Gasteiger partial charge is 0.337 e. The predicted molar refractivity (Wildman–Crippen MR) is 105 cm³/mol. The van der Waals surface area contributed by atoms with Gasteiger partial charge in [-0.05, 0) is 37.6 Å². The van der Waals surface area contributed by atoms with Gasteiger partial charge in [-0.1, -0.05) is 35.9 Å². The number of hydrogen-bond acceptors (Lipinski definition) is 5. The van der Waals surface area contributed by atoms with Crippen LogP contribution in [0.3, 0.4) is 0 Å². The van der Waals surface area contributed by atoms with Gasteiger partial charge < -0.3 is 4.90 Å². The number of rotatable bonds is 1. The van der Waals surface area contributed by atoms with Crippen molar-refractivity contribution in [3.05, 3.63) is 52.9 Å². The number of piperazine rings is 1. The molecule has 2 aromatic rings. The number of fused-ring (bicyclic) bond motifs is 1. The molecule has 1 unspecified atom stereocenters. The van der Waals surface area contributed by atoms with Crippen LogP contribution < -0.4 is 4.90 Å². The number of aromatic nitrogens is 2. The lowest BCUT2D eigenvalue weighted by Gasteiger charge is -2.48. The highest BCUT2D eigenvalue weighted by atomic mass is 35.5. The number of hydrogen-bond donors (Lipinski definition) is 0. The molecule has 5 nitrogen and oxygen atoms in total. The average Bonchev–Trinajstić information content (AvgIpc) is 2.72. The van der Waals surface area contributed by atoms with Gasteiger partial charge in [0, 0.05) is 42.1 Å². The van der Waals surface area contributed by atoms with Gasteiger partial charge in [0.1, 0.15) is 12.1 Å². The van der Waals surface area contributed by atoms with Crippen molar-refractivity contribution >= 4 is 17.4 Å². The molecule has 2 atom stereocenters. The van der Waals surface area contributed by atoms with Gasteiger partial charge >= 0.3 is 0 Å². The van der Waals surface area contributed by atoms with Crippen LogP contribution in [0.25, 0.3) is 0 Å². The Kier molecular flexibility index (Phi) is 5.25. The third-order valence-corrected chi connectivity index (χ3v) is 5.47. The molecule has 1 aromatic carbocycles. The first kappa shape index (κ1) is 17.8. The van der Waals surface area contributed by atoms with Crippen LogP contribution in [0.2, 0.25) is 5.02 Å². The number of nitrogens with zero attached hydrogens (tertiary/aromatic N) is 5. The maximum absolute atomic E-state index is 9.47. The number of nitriles is 1. The third kappa shape index (κ3) is 3.76. The van der Waals surface area contributed by atoms with Crippen LogP contribution in [0.1, 0.15) is 30.5 Å². The molecular formula is C21H20ClN5. The molecule has 3 heterocycles. The summed E-state index contributed by atoms with van der Waals surface area (Å²) in [5, 5.41) is 10.1. The molecule has 0 spiro atoms. The molecule has 0 aliphatic carbocycles. The van der Waals surface area contributed by atoms with E-state index >= 15 is 0 Å². The van der Waals surface area contributed by atoms with Gasteiger partial charge in [-0.3, -0.25) is 4.90 Å². The SMILES string of the molecule is N#Cc1nccnc1N1CCN2CCCC[C@H]2C1C#Cc1cccc(Cl)c1. The first-order valence-corrected chi connectivity index (χ1v) is 9.63. The molecule has 4 rings (SSSR count). The zero-order chi connectivity index (χ0) is 18.6. The monoisotopic (exact) mass is 377 g/mol. The standard InChI is InChI=1S/C21H20ClN5/c22-17-5-3-4-16(14-17)7-8-20-19-6-1-2-11-26(19)12-13-27(20)21-18(15-23)24-9-10-25-21/h3-5,9-10,14,19-20H,1-2,6,11-13H2/t19-,20?/m0/s1. The molecule has 2 saturated heterocycles. The lowest BCUT2D eigenvalue weighted by atomic mass is 9.92. The second kappa shape index (κ2) is 7.96. The van der Waals surface area contributed by atoms with Crippen LogP contribution >= 0.6 is 11.6 Å². The van der Waals surface area contributed by atoms with E-state index in [4.69, 9.17) is 11.6 Å². The van der Waals surface area contributed by atoms with Crippen LogP contribution in [0, 0.1) is 23.2 Å². The van der Waals surface area contributed by atoms with Gasteiger partial charge in [0.25, 0.3) is 0 Å². The topological polar surface area (TPSA) is 56.1 Å². The summed E-state index contributed by atoms with van der Waals surface area (Å²) in [5.41, 5.74) is 1.26. The molecule has 27 heavy (non-hydrogen) atoms. The van der Waals surface area contributed by atoms with E-state index in [2.05, 4.69) is 37.7 Å². The van der Waals surface area contributed by atoms with Gasteiger partial charge in [0.05, 0.1) is 0 Å². The maximum Gasteiger partial charge on any atom is 0.183 e. The average molecular weight is 378 g/mol. The van der Waals surface area contributed by atoms with E-state index in [0.29, 0.717) is 22.6 Å². The molecule has 6 heteroatoms. The van der Waals surface area contributed by atoms with E-state index in [1.54, 1.807) is 12.4 Å². The summed E-state index contributed by atoms with van der Waals surface area (Å²) >= 11 is 6.10. The van der Waals surface area contributed by atoms with Crippen LogP contribution in [0.4, 0.5) is 5.82 Å². The van der Waals surface area contributed by atoms with Crippen molar-refractivity contribution in [3.63, 3.8) is 0 Å². The van der Waals surface area contributed by atoms with Gasteiger partial charge in [-0.25, -0.2) is 9.97 Å². The smallest absolute Gasteiger partial charge is 0.183 e. The van der Waals surface area contributed by atoms with Gasteiger partial charge in [-0.2, -0.15) is 5.26 Å². The molecule has 0 amide bonds. The minimum atomic E-state index is -0.0261. The Morgan fingerprint density at radius 2 is 2.00 bits per heavy atom. The number of benzene rings is 1. The highest BCUT2D eigenvalue weighted by Gasteiger charge is 2.38. The van der Waals surface area contributed by atoms with Crippen molar-refractivity contribution in [2.75, 3.05) is 24.5 Å². The van der Waals surface area contributed by atoms with E-state index in [0.717, 1.165) is 31.6 Å². The minimum absolute atomic E-state index is 0.0261. The molecule has 0 N–H and O–H groups in total. The minimum Gasteiger partial charge on any atom is -0.337 e. The number of anilines is 1. The second-order valence-corrected chi connectivity index (χ2v) is 7.29. The fraction of sp³-hybridized carbons (Fsp3) is 0.381. The van der Waals surface area contributed by atoms with E-state index in [1.165, 1.54) is 12.8 Å². The molecule has 0 saturated carbocycles. The van der Waals surface area contributed by atoms with Crippen molar-refractivity contribution < 1.29 is 0 Å². The number of halogens is 1. The lowest BCUT2D eigenvalue weighted by molar-refractivity contribution is 0.116. The Labute approximate surface area is 164 Å². The van der Waals surface area contributed by atoms with Crippen LogP contribution in [-0.4, -0.2) is 46.6 Å². The molecule has 0 radical (unpaired) electrons. The molecule has 2 aliphatic heterocycles. The Morgan fingerprint density at radius 1 is 1.11 bits per heavy atom. The summed E-state index contributed by atoms with van der Waals surface area (Å²) < 4.78 is 0. The second-order valence-electron chi connectivity index (χ2n) is 6.86. The van der Waals surface area contributed by atoms with Gasteiger partial charge in [-0.15, -0.1) is 0 Å². The van der Waals surface area contributed by atoms with E-state index in [9.17, 15) is 5.26 Å². The quantitative estimate of drug-likeness (QED) is 0.715. The molecular weight excluding hydrogens is 358 g/mol. The molecule has 2 aliphatic rings. The Bertz CT molecular complexity index is 926. The number of piperidine rings is 1. The van der Waals surface area contributed by atoms with Crippen molar-refractivity contribution in [3.8, 4) is 17.9 Å². The molecule has 136 valence electrons. The van der Waals surface area contributed by atoms with Gasteiger partial charge in [0.2, 0.25) is 0 Å².